The highest BCUT2D eigenvalue weighted by molar-refractivity contribution is 5.93. The lowest BCUT2D eigenvalue weighted by molar-refractivity contribution is -0.133. The molecule has 0 fully saturated rings. The van der Waals surface area contributed by atoms with E-state index in [1.165, 1.54) is 12.0 Å². The van der Waals surface area contributed by atoms with Crippen molar-refractivity contribution in [2.45, 2.75) is 33.9 Å². The molecule has 0 spiro atoms. The molecule has 0 radical (unpaired) electrons. The van der Waals surface area contributed by atoms with E-state index in [2.05, 4.69) is 5.32 Å². The van der Waals surface area contributed by atoms with Gasteiger partial charge in [0.2, 0.25) is 5.91 Å². The molecular weight excluding hydrogens is 458 g/mol. The van der Waals surface area contributed by atoms with Crippen molar-refractivity contribution in [2.24, 2.45) is 5.92 Å². The Morgan fingerprint density at radius 3 is 2.31 bits per heavy atom. The molecule has 0 unspecified atom stereocenters. The van der Waals surface area contributed by atoms with E-state index in [1.54, 1.807) is 30.2 Å². The molecule has 192 valence electrons. The number of rotatable bonds is 11. The highest BCUT2D eigenvalue weighted by Crippen LogP contribution is 2.29. The second-order valence-corrected chi connectivity index (χ2v) is 9.02. The van der Waals surface area contributed by atoms with E-state index in [4.69, 9.17) is 13.9 Å². The van der Waals surface area contributed by atoms with Gasteiger partial charge in [0.05, 0.1) is 26.5 Å². The van der Waals surface area contributed by atoms with Gasteiger partial charge in [0, 0.05) is 19.2 Å². The third kappa shape index (κ3) is 7.53. The summed E-state index contributed by atoms with van der Waals surface area (Å²) in [6, 6.07) is 18.3. The first-order valence-corrected chi connectivity index (χ1v) is 11.9. The summed E-state index contributed by atoms with van der Waals surface area (Å²) in [4.78, 5) is 30.1. The Hall–Kier alpha value is -3.94. The van der Waals surface area contributed by atoms with Crippen LogP contribution in [0.15, 0.2) is 65.1 Å². The molecule has 0 atom stereocenters. The normalized spacial score (nSPS) is 10.7. The van der Waals surface area contributed by atoms with Crippen molar-refractivity contribution in [3.05, 3.63) is 77.7 Å². The Balaban J connectivity index is 1.79. The number of aryl methyl sites for hydroxylation is 1. The van der Waals surface area contributed by atoms with Gasteiger partial charge in [-0.3, -0.25) is 4.79 Å². The van der Waals surface area contributed by atoms with Gasteiger partial charge in [0.1, 0.15) is 29.6 Å². The van der Waals surface area contributed by atoms with Gasteiger partial charge < -0.3 is 29.0 Å². The van der Waals surface area contributed by atoms with Crippen molar-refractivity contribution < 1.29 is 23.5 Å². The third-order valence-corrected chi connectivity index (χ3v) is 5.56. The maximum atomic E-state index is 13.5. The van der Waals surface area contributed by atoms with Crippen LogP contribution in [-0.4, -0.2) is 49.0 Å². The van der Waals surface area contributed by atoms with Crippen LogP contribution in [0.1, 0.15) is 30.9 Å². The molecule has 1 N–H and O–H groups in total. The Labute approximate surface area is 212 Å². The van der Waals surface area contributed by atoms with Crippen LogP contribution in [0.25, 0.3) is 0 Å². The number of urea groups is 1. The fraction of sp³-hybridized carbons (Fsp3) is 0.357. The summed E-state index contributed by atoms with van der Waals surface area (Å²) < 4.78 is 16.4. The van der Waals surface area contributed by atoms with E-state index < -0.39 is 0 Å². The number of hydrogen-bond donors (Lipinski definition) is 1. The van der Waals surface area contributed by atoms with Crippen LogP contribution in [0.3, 0.4) is 0 Å². The topological polar surface area (TPSA) is 84.3 Å². The lowest BCUT2D eigenvalue weighted by Gasteiger charge is -2.29. The van der Waals surface area contributed by atoms with Crippen LogP contribution in [0.4, 0.5) is 10.5 Å². The van der Waals surface area contributed by atoms with Crippen molar-refractivity contribution in [3.8, 4) is 11.5 Å². The quantitative estimate of drug-likeness (QED) is 0.391. The van der Waals surface area contributed by atoms with E-state index >= 15 is 0 Å². The number of nitrogens with one attached hydrogen (secondary N) is 1. The molecule has 3 amide bonds. The van der Waals surface area contributed by atoms with Crippen molar-refractivity contribution >= 4 is 17.6 Å². The Bertz CT molecular complexity index is 1140. The van der Waals surface area contributed by atoms with Crippen molar-refractivity contribution in [1.82, 2.24) is 9.80 Å². The number of amides is 3. The Kier molecular flexibility index (Phi) is 9.39. The summed E-state index contributed by atoms with van der Waals surface area (Å²) in [5.74, 6) is 2.55. The molecule has 1 aromatic heterocycles. The SMILES string of the molecule is COc1ccc(NC(=O)N(CC(=O)N(Cc2ccccc2)Cc2ccc(C)o2)CC(C)C)c(OC)c1. The maximum Gasteiger partial charge on any atom is 0.322 e. The largest absolute Gasteiger partial charge is 0.497 e. The number of anilines is 1. The zero-order valence-electron chi connectivity index (χ0n) is 21.6. The minimum absolute atomic E-state index is 0.0744. The zero-order valence-corrected chi connectivity index (χ0v) is 21.6. The van der Waals surface area contributed by atoms with Crippen molar-refractivity contribution in [2.75, 3.05) is 32.6 Å². The number of ether oxygens (including phenoxy) is 2. The van der Waals surface area contributed by atoms with E-state index in [1.807, 2.05) is 63.2 Å². The smallest absolute Gasteiger partial charge is 0.322 e. The third-order valence-electron chi connectivity index (χ3n) is 5.56. The van der Waals surface area contributed by atoms with Crippen molar-refractivity contribution in [1.29, 1.82) is 0 Å². The van der Waals surface area contributed by atoms with Gasteiger partial charge in [-0.15, -0.1) is 0 Å². The lowest BCUT2D eigenvalue weighted by atomic mass is 10.2. The summed E-state index contributed by atoms with van der Waals surface area (Å²) in [5, 5.41) is 2.88. The molecule has 8 heteroatoms. The molecule has 8 nitrogen and oxygen atoms in total. The minimum atomic E-state index is -0.381. The fourth-order valence-corrected chi connectivity index (χ4v) is 3.81. The molecule has 2 aromatic carbocycles. The molecule has 36 heavy (non-hydrogen) atoms. The van der Waals surface area contributed by atoms with Gasteiger partial charge in [0.25, 0.3) is 0 Å². The number of methoxy groups -OCH3 is 2. The number of hydrogen-bond acceptors (Lipinski definition) is 5. The number of benzene rings is 2. The maximum absolute atomic E-state index is 13.5. The van der Waals surface area contributed by atoms with E-state index in [9.17, 15) is 9.59 Å². The molecule has 0 saturated heterocycles. The van der Waals surface area contributed by atoms with Crippen molar-refractivity contribution in [3.63, 3.8) is 0 Å². The monoisotopic (exact) mass is 493 g/mol. The summed E-state index contributed by atoms with van der Waals surface area (Å²) in [7, 11) is 3.09. The van der Waals surface area contributed by atoms with Gasteiger partial charge in [-0.05, 0) is 42.7 Å². The highest BCUT2D eigenvalue weighted by atomic mass is 16.5. The second kappa shape index (κ2) is 12.7. The van der Waals surface area contributed by atoms with Crippen LogP contribution in [0, 0.1) is 12.8 Å². The van der Waals surface area contributed by atoms with Crippen LogP contribution in [0.2, 0.25) is 0 Å². The van der Waals surface area contributed by atoms with Gasteiger partial charge in [-0.1, -0.05) is 44.2 Å². The van der Waals surface area contributed by atoms with Crippen LogP contribution in [0.5, 0.6) is 11.5 Å². The standard InChI is InChI=1S/C28H35N3O5/c1-20(2)16-31(28(33)29-25-14-13-23(34-4)15-26(25)35-5)19-27(32)30(17-22-9-7-6-8-10-22)18-24-12-11-21(3)36-24/h6-15,20H,16-19H2,1-5H3,(H,29,33). The summed E-state index contributed by atoms with van der Waals surface area (Å²) >= 11 is 0. The zero-order chi connectivity index (χ0) is 26.1. The van der Waals surface area contributed by atoms with Gasteiger partial charge in [0.15, 0.2) is 0 Å². The number of furan rings is 1. The summed E-state index contributed by atoms with van der Waals surface area (Å²) in [5.41, 5.74) is 1.49. The Morgan fingerprint density at radius 1 is 0.944 bits per heavy atom. The van der Waals surface area contributed by atoms with Crippen LogP contribution < -0.4 is 14.8 Å². The number of carbonyl (C=O) groups excluding carboxylic acids is 2. The summed E-state index contributed by atoms with van der Waals surface area (Å²) in [6.45, 7) is 6.94. The first-order valence-electron chi connectivity index (χ1n) is 11.9. The predicted molar refractivity (Wildman–Crippen MR) is 139 cm³/mol. The molecular formula is C28H35N3O5. The van der Waals surface area contributed by atoms with Gasteiger partial charge in [-0.2, -0.15) is 0 Å². The fourth-order valence-electron chi connectivity index (χ4n) is 3.81. The average molecular weight is 494 g/mol. The molecule has 0 aliphatic rings. The first kappa shape index (κ1) is 26.7. The van der Waals surface area contributed by atoms with Gasteiger partial charge in [-0.25, -0.2) is 4.79 Å². The average Bonchev–Trinajstić information content (AvgIpc) is 3.28. The lowest BCUT2D eigenvalue weighted by Crippen LogP contribution is -2.45. The summed E-state index contributed by atoms with van der Waals surface area (Å²) in [6.07, 6.45) is 0. The van der Waals surface area contributed by atoms with Crippen LogP contribution >= 0.6 is 0 Å². The second-order valence-electron chi connectivity index (χ2n) is 9.02. The molecule has 0 aliphatic heterocycles. The van der Waals surface area contributed by atoms with E-state index in [-0.39, 0.29) is 24.4 Å². The van der Waals surface area contributed by atoms with Gasteiger partial charge >= 0.3 is 6.03 Å². The molecule has 0 bridgehead atoms. The van der Waals surface area contributed by atoms with E-state index in [0.717, 1.165) is 11.3 Å². The van der Waals surface area contributed by atoms with Crippen LogP contribution in [-0.2, 0) is 17.9 Å². The molecule has 1 heterocycles. The molecule has 3 aromatic rings. The molecule has 3 rings (SSSR count). The first-order chi connectivity index (χ1) is 17.3. The number of carbonyl (C=O) groups is 2. The van der Waals surface area contributed by atoms with E-state index in [0.29, 0.717) is 42.6 Å². The molecule has 0 aliphatic carbocycles. The highest BCUT2D eigenvalue weighted by Gasteiger charge is 2.24. The minimum Gasteiger partial charge on any atom is -0.497 e. The number of nitrogens with zero attached hydrogens (tertiary/aromatic N) is 2. The Morgan fingerprint density at radius 2 is 1.69 bits per heavy atom. The molecule has 0 saturated carbocycles. The predicted octanol–water partition coefficient (Wildman–Crippen LogP) is 5.32.